The van der Waals surface area contributed by atoms with Crippen molar-refractivity contribution in [3.8, 4) is 5.75 Å². The predicted molar refractivity (Wildman–Crippen MR) is 94.2 cm³/mol. The number of piperidine rings is 3. The van der Waals surface area contributed by atoms with Crippen molar-refractivity contribution in [2.24, 2.45) is 5.41 Å². The van der Waals surface area contributed by atoms with E-state index < -0.39 is 0 Å². The summed E-state index contributed by atoms with van der Waals surface area (Å²) < 4.78 is 7.94. The first-order chi connectivity index (χ1) is 11.7. The maximum atomic E-state index is 12.1. The molecule has 24 heavy (non-hydrogen) atoms. The molecule has 0 saturated carbocycles. The monoisotopic (exact) mass is 324 g/mol. The summed E-state index contributed by atoms with van der Waals surface area (Å²) >= 11 is 0. The van der Waals surface area contributed by atoms with Gasteiger partial charge in [-0.05, 0) is 49.9 Å². The van der Waals surface area contributed by atoms with Crippen LogP contribution in [0, 0.1) is 5.41 Å². The van der Waals surface area contributed by atoms with Crippen molar-refractivity contribution >= 4 is 0 Å². The van der Waals surface area contributed by atoms with Crippen molar-refractivity contribution in [1.82, 2.24) is 9.47 Å². The Hall–Kier alpha value is -2.07. The van der Waals surface area contributed by atoms with Gasteiger partial charge in [0.2, 0.25) is 5.43 Å². The minimum Gasteiger partial charge on any atom is -0.483 e. The number of hydrogen-bond donors (Lipinski definition) is 0. The molecule has 3 aliphatic heterocycles. The minimum atomic E-state index is -0.0434. The van der Waals surface area contributed by atoms with Crippen LogP contribution in [0.3, 0.4) is 0 Å². The van der Waals surface area contributed by atoms with Crippen LogP contribution < -0.4 is 10.2 Å². The van der Waals surface area contributed by atoms with Crippen molar-refractivity contribution in [1.29, 1.82) is 0 Å². The molecule has 0 atom stereocenters. The number of benzene rings is 1. The highest BCUT2D eigenvalue weighted by Gasteiger charge is 2.39. The molecule has 0 unspecified atom stereocenters. The van der Waals surface area contributed by atoms with Crippen molar-refractivity contribution in [3.63, 3.8) is 0 Å². The third-order valence-electron chi connectivity index (χ3n) is 5.57. The Morgan fingerprint density at radius 1 is 1.00 bits per heavy atom. The van der Waals surface area contributed by atoms with Gasteiger partial charge < -0.3 is 14.2 Å². The molecule has 3 fully saturated rings. The average Bonchev–Trinajstić information content (AvgIpc) is 2.64. The highest BCUT2D eigenvalue weighted by Crippen LogP contribution is 2.41. The van der Waals surface area contributed by atoms with E-state index in [4.69, 9.17) is 4.74 Å². The molecular weight excluding hydrogens is 300 g/mol. The van der Waals surface area contributed by atoms with Crippen LogP contribution in [-0.4, -0.2) is 29.1 Å². The van der Waals surface area contributed by atoms with Gasteiger partial charge in [-0.1, -0.05) is 30.3 Å². The maximum Gasteiger partial charge on any atom is 0.223 e. The Labute approximate surface area is 142 Å². The lowest BCUT2D eigenvalue weighted by molar-refractivity contribution is 0.0132. The van der Waals surface area contributed by atoms with Crippen molar-refractivity contribution < 1.29 is 4.74 Å². The van der Waals surface area contributed by atoms with E-state index in [2.05, 4.69) is 9.47 Å². The van der Waals surface area contributed by atoms with Gasteiger partial charge in [-0.2, -0.15) is 0 Å². The SMILES string of the molecule is O=c1ccn(CC23CCN(CC2)CC3)cc1OCc1ccccc1. The lowest BCUT2D eigenvalue weighted by atomic mass is 9.72. The van der Waals surface area contributed by atoms with Crippen LogP contribution >= 0.6 is 0 Å². The van der Waals surface area contributed by atoms with E-state index in [1.165, 1.54) is 38.9 Å². The quantitative estimate of drug-likeness (QED) is 0.848. The minimum absolute atomic E-state index is 0.0434. The second-order valence-corrected chi connectivity index (χ2v) is 7.21. The number of rotatable bonds is 5. The molecule has 2 bridgehead atoms. The van der Waals surface area contributed by atoms with Gasteiger partial charge in [0.1, 0.15) is 6.61 Å². The number of hydrogen-bond acceptors (Lipinski definition) is 3. The normalized spacial score (nSPS) is 25.6. The van der Waals surface area contributed by atoms with Gasteiger partial charge in [0.05, 0.1) is 6.20 Å². The molecule has 4 nitrogen and oxygen atoms in total. The van der Waals surface area contributed by atoms with Crippen LogP contribution in [0.4, 0.5) is 0 Å². The molecule has 3 aliphatic rings. The number of aromatic nitrogens is 1. The molecule has 4 heterocycles. The summed E-state index contributed by atoms with van der Waals surface area (Å²) in [6.07, 6.45) is 7.59. The Kier molecular flexibility index (Phi) is 4.15. The zero-order valence-electron chi connectivity index (χ0n) is 14.0. The fourth-order valence-electron chi connectivity index (χ4n) is 3.97. The zero-order valence-corrected chi connectivity index (χ0v) is 14.0. The molecular formula is C20H24N2O2. The Morgan fingerprint density at radius 3 is 2.42 bits per heavy atom. The van der Waals surface area contributed by atoms with Crippen LogP contribution in [0.5, 0.6) is 5.75 Å². The van der Waals surface area contributed by atoms with Crippen molar-refractivity contribution in [3.05, 3.63) is 64.6 Å². The molecule has 1 aromatic carbocycles. The molecule has 0 radical (unpaired) electrons. The first-order valence-electron chi connectivity index (χ1n) is 8.82. The fraction of sp³-hybridized carbons (Fsp3) is 0.450. The lowest BCUT2D eigenvalue weighted by Crippen LogP contribution is -2.49. The van der Waals surface area contributed by atoms with Crippen LogP contribution in [0.1, 0.15) is 24.8 Å². The number of ether oxygens (including phenoxy) is 1. The summed E-state index contributed by atoms with van der Waals surface area (Å²) in [6, 6.07) is 11.6. The van der Waals surface area contributed by atoms with E-state index in [1.807, 2.05) is 42.7 Å². The first kappa shape index (κ1) is 15.5. The smallest absolute Gasteiger partial charge is 0.223 e. The predicted octanol–water partition coefficient (Wildman–Crippen LogP) is 2.91. The molecule has 3 saturated heterocycles. The number of fused-ring (bicyclic) bond motifs is 3. The van der Waals surface area contributed by atoms with E-state index in [-0.39, 0.29) is 5.43 Å². The molecule has 0 aliphatic carbocycles. The van der Waals surface area contributed by atoms with E-state index in [0.717, 1.165) is 12.1 Å². The third kappa shape index (κ3) is 3.24. The Balaban J connectivity index is 1.48. The summed E-state index contributed by atoms with van der Waals surface area (Å²) in [5, 5.41) is 0. The summed E-state index contributed by atoms with van der Waals surface area (Å²) in [6.45, 7) is 5.08. The fourth-order valence-corrected chi connectivity index (χ4v) is 3.97. The molecule has 5 rings (SSSR count). The summed E-state index contributed by atoms with van der Waals surface area (Å²) in [5.74, 6) is 0.450. The molecule has 0 spiro atoms. The average molecular weight is 324 g/mol. The van der Waals surface area contributed by atoms with Crippen LogP contribution in [0.2, 0.25) is 0 Å². The van der Waals surface area contributed by atoms with Gasteiger partial charge in [-0.15, -0.1) is 0 Å². The highest BCUT2D eigenvalue weighted by molar-refractivity contribution is 5.20. The highest BCUT2D eigenvalue weighted by atomic mass is 16.5. The van der Waals surface area contributed by atoms with E-state index in [9.17, 15) is 4.79 Å². The topological polar surface area (TPSA) is 34.5 Å². The first-order valence-corrected chi connectivity index (χ1v) is 8.82. The zero-order chi connectivity index (χ0) is 16.4. The Bertz CT molecular complexity index is 732. The van der Waals surface area contributed by atoms with Gasteiger partial charge >= 0.3 is 0 Å². The molecule has 0 N–H and O–H groups in total. The van der Waals surface area contributed by atoms with Crippen molar-refractivity contribution in [2.45, 2.75) is 32.4 Å². The molecule has 1 aromatic heterocycles. The van der Waals surface area contributed by atoms with Gasteiger partial charge in [-0.25, -0.2) is 0 Å². The standard InChI is InChI=1S/C20H24N2O2/c23-18-6-10-22(16-20-7-11-21(12-8-20)13-9-20)14-19(18)24-15-17-4-2-1-3-5-17/h1-6,10,14H,7-9,11-13,15-16H2. The number of nitrogens with zero attached hydrogens (tertiary/aromatic N) is 2. The number of pyridine rings is 1. The molecule has 0 amide bonds. The van der Waals surface area contributed by atoms with E-state index in [1.54, 1.807) is 6.07 Å². The summed E-state index contributed by atoms with van der Waals surface area (Å²) in [7, 11) is 0. The van der Waals surface area contributed by atoms with E-state index in [0.29, 0.717) is 17.8 Å². The van der Waals surface area contributed by atoms with Crippen LogP contribution in [0.15, 0.2) is 53.6 Å². The maximum absolute atomic E-state index is 12.1. The summed E-state index contributed by atoms with van der Waals surface area (Å²) in [4.78, 5) is 14.7. The molecule has 126 valence electrons. The largest absolute Gasteiger partial charge is 0.483 e. The van der Waals surface area contributed by atoms with Crippen LogP contribution in [-0.2, 0) is 13.2 Å². The molecule has 4 heteroatoms. The van der Waals surface area contributed by atoms with Crippen LogP contribution in [0.25, 0.3) is 0 Å². The van der Waals surface area contributed by atoms with Gasteiger partial charge in [0.15, 0.2) is 5.75 Å². The second-order valence-electron chi connectivity index (χ2n) is 7.21. The molecule has 2 aromatic rings. The Morgan fingerprint density at radius 2 is 1.71 bits per heavy atom. The summed E-state index contributed by atoms with van der Waals surface area (Å²) in [5.41, 5.74) is 1.43. The lowest BCUT2D eigenvalue weighted by Gasteiger charge is -2.48. The van der Waals surface area contributed by atoms with Gasteiger partial charge in [0.25, 0.3) is 0 Å². The van der Waals surface area contributed by atoms with E-state index >= 15 is 0 Å². The van der Waals surface area contributed by atoms with Gasteiger partial charge in [0, 0.05) is 18.8 Å². The third-order valence-corrected chi connectivity index (χ3v) is 5.57. The van der Waals surface area contributed by atoms with Crippen molar-refractivity contribution in [2.75, 3.05) is 19.6 Å². The second kappa shape index (κ2) is 6.44. The van der Waals surface area contributed by atoms with Gasteiger partial charge in [-0.3, -0.25) is 4.79 Å².